The number of amides is 2. The molecule has 0 aliphatic carbocycles. The molecular formula is C22H25N3O2. The van der Waals surface area contributed by atoms with Gasteiger partial charge in [0.05, 0.1) is 0 Å². The van der Waals surface area contributed by atoms with E-state index in [1.54, 1.807) is 13.8 Å². The largest absolute Gasteiger partial charge is 0.354 e. The number of aromatic nitrogens is 1. The number of para-hydroxylation sites is 1. The highest BCUT2D eigenvalue weighted by molar-refractivity contribution is 5.92. The number of hydrogen-bond acceptors (Lipinski definition) is 2. The van der Waals surface area contributed by atoms with E-state index in [1.165, 1.54) is 0 Å². The van der Waals surface area contributed by atoms with Gasteiger partial charge in [-0.15, -0.1) is 0 Å². The topological polar surface area (TPSA) is 63.1 Å². The van der Waals surface area contributed by atoms with E-state index < -0.39 is 5.54 Å². The number of hydrogen-bond donors (Lipinski definition) is 2. The van der Waals surface area contributed by atoms with Crippen LogP contribution in [0, 0.1) is 0 Å². The molecule has 5 nitrogen and oxygen atoms in total. The van der Waals surface area contributed by atoms with Crippen LogP contribution in [0.5, 0.6) is 0 Å². The minimum absolute atomic E-state index is 0.139. The number of nitrogens with zero attached hydrogens (tertiary/aromatic N) is 1. The molecule has 0 aliphatic heterocycles. The molecule has 3 rings (SSSR count). The Bertz CT molecular complexity index is 958. The van der Waals surface area contributed by atoms with Gasteiger partial charge < -0.3 is 15.2 Å². The Hall–Kier alpha value is -3.08. The maximum Gasteiger partial charge on any atom is 0.245 e. The average molecular weight is 363 g/mol. The zero-order valence-corrected chi connectivity index (χ0v) is 16.0. The first-order valence-electron chi connectivity index (χ1n) is 9.15. The maximum absolute atomic E-state index is 12.8. The minimum atomic E-state index is -0.969. The molecule has 0 aliphatic rings. The fraction of sp³-hybridized carbons (Fsp3) is 0.273. The number of likely N-dealkylation sites (N-methyl/N-ethyl adjacent to an activating group) is 1. The quantitative estimate of drug-likeness (QED) is 0.705. The third-order valence-electron chi connectivity index (χ3n) is 4.54. The van der Waals surface area contributed by atoms with Crippen molar-refractivity contribution >= 4 is 22.7 Å². The minimum Gasteiger partial charge on any atom is -0.354 e. The van der Waals surface area contributed by atoms with Gasteiger partial charge >= 0.3 is 0 Å². The van der Waals surface area contributed by atoms with Crippen LogP contribution >= 0.6 is 0 Å². The van der Waals surface area contributed by atoms with Crippen molar-refractivity contribution in [1.29, 1.82) is 0 Å². The highest BCUT2D eigenvalue weighted by atomic mass is 16.2. The number of nitrogens with one attached hydrogen (secondary N) is 2. The Labute approximate surface area is 159 Å². The first-order chi connectivity index (χ1) is 12.9. The van der Waals surface area contributed by atoms with E-state index in [0.717, 1.165) is 22.2 Å². The van der Waals surface area contributed by atoms with E-state index in [9.17, 15) is 9.59 Å². The third-order valence-corrected chi connectivity index (χ3v) is 4.54. The number of carbonyl (C=O) groups excluding carboxylic acids is 2. The van der Waals surface area contributed by atoms with Gasteiger partial charge in [-0.3, -0.25) is 9.59 Å². The van der Waals surface area contributed by atoms with Crippen LogP contribution in [0.1, 0.15) is 20.8 Å². The SMILES string of the molecule is CCNC(=O)C(C)(C)NC(=O)Cn1c(-c2ccccc2)cc2ccccc21. The third kappa shape index (κ3) is 4.03. The molecule has 1 aromatic heterocycles. The van der Waals surface area contributed by atoms with Gasteiger partial charge in [0, 0.05) is 23.1 Å². The van der Waals surface area contributed by atoms with Crippen LogP contribution in [0.3, 0.4) is 0 Å². The van der Waals surface area contributed by atoms with E-state index in [4.69, 9.17) is 0 Å². The van der Waals surface area contributed by atoms with Crippen LogP contribution in [0.2, 0.25) is 0 Å². The zero-order valence-electron chi connectivity index (χ0n) is 16.0. The molecule has 5 heteroatoms. The lowest BCUT2D eigenvalue weighted by Gasteiger charge is -2.25. The fourth-order valence-corrected chi connectivity index (χ4v) is 3.20. The molecule has 0 radical (unpaired) electrons. The van der Waals surface area contributed by atoms with Crippen LogP contribution < -0.4 is 10.6 Å². The highest BCUT2D eigenvalue weighted by Gasteiger charge is 2.29. The van der Waals surface area contributed by atoms with E-state index in [2.05, 4.69) is 16.7 Å². The summed E-state index contributed by atoms with van der Waals surface area (Å²) in [6.07, 6.45) is 0. The van der Waals surface area contributed by atoms with Crippen molar-refractivity contribution in [3.8, 4) is 11.3 Å². The molecule has 1 heterocycles. The van der Waals surface area contributed by atoms with Crippen molar-refractivity contribution in [2.75, 3.05) is 6.54 Å². The smallest absolute Gasteiger partial charge is 0.245 e. The Morgan fingerprint density at radius 1 is 1.00 bits per heavy atom. The molecule has 0 fully saturated rings. The van der Waals surface area contributed by atoms with Crippen molar-refractivity contribution in [3.05, 3.63) is 60.7 Å². The summed E-state index contributed by atoms with van der Waals surface area (Å²) in [5.74, 6) is -0.399. The van der Waals surface area contributed by atoms with Gasteiger partial charge in [0.2, 0.25) is 11.8 Å². The van der Waals surface area contributed by atoms with Gasteiger partial charge in [0.15, 0.2) is 0 Å². The molecule has 0 spiro atoms. The van der Waals surface area contributed by atoms with Crippen molar-refractivity contribution in [1.82, 2.24) is 15.2 Å². The molecule has 2 N–H and O–H groups in total. The van der Waals surface area contributed by atoms with Crippen molar-refractivity contribution < 1.29 is 9.59 Å². The van der Waals surface area contributed by atoms with E-state index in [1.807, 2.05) is 66.1 Å². The molecule has 0 saturated heterocycles. The molecule has 2 amide bonds. The van der Waals surface area contributed by atoms with Crippen molar-refractivity contribution in [3.63, 3.8) is 0 Å². The maximum atomic E-state index is 12.8. The first-order valence-corrected chi connectivity index (χ1v) is 9.15. The Kier molecular flexibility index (Phi) is 5.31. The van der Waals surface area contributed by atoms with Crippen LogP contribution in [0.15, 0.2) is 60.7 Å². The number of fused-ring (bicyclic) bond motifs is 1. The summed E-state index contributed by atoms with van der Waals surface area (Å²) in [6.45, 7) is 5.94. The lowest BCUT2D eigenvalue weighted by atomic mass is 10.0. The van der Waals surface area contributed by atoms with Gasteiger partial charge in [0.25, 0.3) is 0 Å². The van der Waals surface area contributed by atoms with Gasteiger partial charge in [0.1, 0.15) is 12.1 Å². The predicted molar refractivity (Wildman–Crippen MR) is 108 cm³/mol. The molecule has 27 heavy (non-hydrogen) atoms. The predicted octanol–water partition coefficient (Wildman–Crippen LogP) is 3.34. The molecular weight excluding hydrogens is 338 g/mol. The standard InChI is InChI=1S/C22H25N3O2/c1-4-23-21(27)22(2,3)24-20(26)15-25-18-13-9-8-12-17(18)14-19(25)16-10-6-5-7-11-16/h5-14H,4,15H2,1-3H3,(H,23,27)(H,24,26). The van der Waals surface area contributed by atoms with Crippen molar-refractivity contribution in [2.45, 2.75) is 32.9 Å². The molecule has 3 aromatic rings. The van der Waals surface area contributed by atoms with Crippen LogP contribution in [-0.4, -0.2) is 28.5 Å². The average Bonchev–Trinajstić information content (AvgIpc) is 3.01. The normalized spacial score (nSPS) is 11.4. The molecule has 2 aromatic carbocycles. The molecule has 140 valence electrons. The van der Waals surface area contributed by atoms with Crippen molar-refractivity contribution in [2.24, 2.45) is 0 Å². The molecule has 0 saturated carbocycles. The number of benzene rings is 2. The monoisotopic (exact) mass is 363 g/mol. The van der Waals surface area contributed by atoms with E-state index in [-0.39, 0.29) is 18.4 Å². The van der Waals surface area contributed by atoms with Gasteiger partial charge in [-0.2, -0.15) is 0 Å². The summed E-state index contributed by atoms with van der Waals surface area (Å²) in [7, 11) is 0. The second-order valence-corrected chi connectivity index (χ2v) is 7.07. The number of rotatable bonds is 6. The number of carbonyl (C=O) groups is 2. The molecule has 0 atom stereocenters. The Balaban J connectivity index is 1.92. The summed E-state index contributed by atoms with van der Waals surface area (Å²) in [6, 6.07) is 20.1. The van der Waals surface area contributed by atoms with E-state index in [0.29, 0.717) is 6.54 Å². The second-order valence-electron chi connectivity index (χ2n) is 7.07. The fourth-order valence-electron chi connectivity index (χ4n) is 3.20. The lowest BCUT2D eigenvalue weighted by molar-refractivity contribution is -0.132. The molecule has 0 bridgehead atoms. The summed E-state index contributed by atoms with van der Waals surface area (Å²) < 4.78 is 1.99. The van der Waals surface area contributed by atoms with Gasteiger partial charge in [-0.25, -0.2) is 0 Å². The molecule has 0 unspecified atom stereocenters. The first kappa shape index (κ1) is 18.7. The summed E-state index contributed by atoms with van der Waals surface area (Å²) in [5.41, 5.74) is 2.04. The zero-order chi connectivity index (χ0) is 19.4. The Morgan fingerprint density at radius 3 is 2.37 bits per heavy atom. The second kappa shape index (κ2) is 7.66. The Morgan fingerprint density at radius 2 is 1.67 bits per heavy atom. The lowest BCUT2D eigenvalue weighted by Crippen LogP contribution is -2.55. The van der Waals surface area contributed by atoms with E-state index >= 15 is 0 Å². The highest BCUT2D eigenvalue weighted by Crippen LogP contribution is 2.28. The van der Waals surface area contributed by atoms with Gasteiger partial charge in [-0.05, 0) is 38.5 Å². The summed E-state index contributed by atoms with van der Waals surface area (Å²) in [4.78, 5) is 24.9. The van der Waals surface area contributed by atoms with Crippen LogP contribution in [0.25, 0.3) is 22.2 Å². The van der Waals surface area contributed by atoms with Crippen LogP contribution in [0.4, 0.5) is 0 Å². The van der Waals surface area contributed by atoms with Crippen LogP contribution in [-0.2, 0) is 16.1 Å². The summed E-state index contributed by atoms with van der Waals surface area (Å²) >= 11 is 0. The summed E-state index contributed by atoms with van der Waals surface area (Å²) in [5, 5.41) is 6.68. The van der Waals surface area contributed by atoms with Gasteiger partial charge in [-0.1, -0.05) is 48.5 Å².